The topological polar surface area (TPSA) is 56.2 Å². The summed E-state index contributed by atoms with van der Waals surface area (Å²) in [5.74, 6) is 0. The van der Waals surface area contributed by atoms with Crippen LogP contribution in [0.4, 0.5) is 0 Å². The predicted octanol–water partition coefficient (Wildman–Crippen LogP) is 4.97. The second kappa shape index (κ2) is 10.3. The van der Waals surface area contributed by atoms with Gasteiger partial charge in [0.15, 0.2) is 0 Å². The molecular formula is C21H29ClN4. The summed E-state index contributed by atoms with van der Waals surface area (Å²) in [4.78, 5) is 9.39. The van der Waals surface area contributed by atoms with Crippen molar-refractivity contribution in [3.05, 3.63) is 54.0 Å². The summed E-state index contributed by atoms with van der Waals surface area (Å²) in [6.07, 6.45) is 12.4. The van der Waals surface area contributed by atoms with E-state index in [1.54, 1.807) is 0 Å². The molecule has 2 N–H and O–H groups in total. The zero-order valence-corrected chi connectivity index (χ0v) is 16.3. The zero-order valence-electron chi connectivity index (χ0n) is 15.5. The Hall–Kier alpha value is -1.91. The van der Waals surface area contributed by atoms with E-state index in [4.69, 9.17) is 10.7 Å². The first-order valence-electron chi connectivity index (χ1n) is 9.38. The van der Waals surface area contributed by atoms with Crippen LogP contribution in [0.5, 0.6) is 0 Å². The Kier molecular flexibility index (Phi) is 8.07. The molecule has 3 aromatic heterocycles. The van der Waals surface area contributed by atoms with Crippen LogP contribution < -0.4 is 5.73 Å². The number of rotatable bonds is 9. The van der Waals surface area contributed by atoms with Gasteiger partial charge in [0, 0.05) is 12.4 Å². The molecule has 0 aliphatic heterocycles. The van der Waals surface area contributed by atoms with Crippen LogP contribution >= 0.6 is 12.4 Å². The van der Waals surface area contributed by atoms with E-state index in [2.05, 4.69) is 34.6 Å². The summed E-state index contributed by atoms with van der Waals surface area (Å²) in [6.45, 7) is 2.92. The van der Waals surface area contributed by atoms with E-state index in [0.717, 1.165) is 36.4 Å². The lowest BCUT2D eigenvalue weighted by Gasteiger charge is -2.06. The van der Waals surface area contributed by atoms with Crippen LogP contribution in [-0.4, -0.2) is 20.9 Å². The van der Waals surface area contributed by atoms with Gasteiger partial charge in [-0.15, -0.1) is 12.4 Å². The van der Waals surface area contributed by atoms with Crippen molar-refractivity contribution in [3.63, 3.8) is 0 Å². The third kappa shape index (κ3) is 5.05. The highest BCUT2D eigenvalue weighted by atomic mass is 35.5. The van der Waals surface area contributed by atoms with Crippen molar-refractivity contribution in [2.24, 2.45) is 5.73 Å². The fourth-order valence-electron chi connectivity index (χ4n) is 3.29. The van der Waals surface area contributed by atoms with Gasteiger partial charge in [-0.2, -0.15) is 0 Å². The maximum Gasteiger partial charge on any atom is 0.137 e. The molecule has 0 aromatic carbocycles. The summed E-state index contributed by atoms with van der Waals surface area (Å²) in [5, 5.41) is 0. The fourth-order valence-corrected chi connectivity index (χ4v) is 3.29. The van der Waals surface area contributed by atoms with Crippen LogP contribution in [0, 0.1) is 6.92 Å². The third-order valence-corrected chi connectivity index (χ3v) is 4.66. The fraction of sp³-hybridized carbons (Fsp3) is 0.429. The molecule has 140 valence electrons. The molecule has 4 nitrogen and oxygen atoms in total. The molecule has 0 atom stereocenters. The summed E-state index contributed by atoms with van der Waals surface area (Å²) in [6, 6.07) is 10.3. The molecule has 0 unspecified atom stereocenters. The lowest BCUT2D eigenvalue weighted by molar-refractivity contribution is 0.594. The summed E-state index contributed by atoms with van der Waals surface area (Å²) in [7, 11) is 0. The number of halogens is 1. The minimum absolute atomic E-state index is 0. The quantitative estimate of drug-likeness (QED) is 0.539. The monoisotopic (exact) mass is 372 g/mol. The highest BCUT2D eigenvalue weighted by Crippen LogP contribution is 2.25. The van der Waals surface area contributed by atoms with Crippen LogP contribution in [0.25, 0.3) is 17.0 Å². The maximum atomic E-state index is 5.55. The number of nitrogens with zero attached hydrogens (tertiary/aromatic N) is 3. The second-order valence-corrected chi connectivity index (χ2v) is 6.71. The molecule has 0 saturated heterocycles. The van der Waals surface area contributed by atoms with E-state index in [1.165, 1.54) is 43.4 Å². The molecule has 26 heavy (non-hydrogen) atoms. The second-order valence-electron chi connectivity index (χ2n) is 6.71. The van der Waals surface area contributed by atoms with Crippen molar-refractivity contribution < 1.29 is 0 Å². The van der Waals surface area contributed by atoms with Crippen LogP contribution in [0.1, 0.15) is 49.8 Å². The molecule has 5 heteroatoms. The average Bonchev–Trinajstić information content (AvgIpc) is 2.99. The molecule has 0 amide bonds. The molecule has 0 spiro atoms. The van der Waals surface area contributed by atoms with Gasteiger partial charge in [0.25, 0.3) is 0 Å². The summed E-state index contributed by atoms with van der Waals surface area (Å²) >= 11 is 0. The number of aromatic nitrogens is 3. The Morgan fingerprint density at radius 2 is 1.77 bits per heavy atom. The van der Waals surface area contributed by atoms with Crippen molar-refractivity contribution in [2.75, 3.05) is 6.54 Å². The number of imidazole rings is 1. The number of hydrogen-bond acceptors (Lipinski definition) is 3. The lowest BCUT2D eigenvalue weighted by Crippen LogP contribution is -1.98. The minimum Gasteiger partial charge on any atom is -0.330 e. The molecule has 0 saturated carbocycles. The molecule has 3 aromatic rings. The number of aryl methyl sites for hydroxylation is 2. The SMILES string of the molecule is Cc1ccn2c(CCCCCCCCN)c(-c3ccccn3)nc2c1.Cl. The van der Waals surface area contributed by atoms with Gasteiger partial charge in [0.05, 0.1) is 11.4 Å². The first kappa shape index (κ1) is 20.4. The summed E-state index contributed by atoms with van der Waals surface area (Å²) in [5.41, 5.74) is 11.1. The van der Waals surface area contributed by atoms with Crippen molar-refractivity contribution >= 4 is 18.1 Å². The molecule has 0 bridgehead atoms. The average molecular weight is 373 g/mol. The van der Waals surface area contributed by atoms with Gasteiger partial charge in [0.2, 0.25) is 0 Å². The zero-order chi connectivity index (χ0) is 17.5. The first-order chi connectivity index (χ1) is 12.3. The Balaban J connectivity index is 0.00000243. The van der Waals surface area contributed by atoms with Crippen molar-refractivity contribution in [2.45, 2.75) is 51.9 Å². The Bertz CT molecular complexity index is 798. The molecule has 3 heterocycles. The Labute approximate surface area is 162 Å². The molecular weight excluding hydrogens is 344 g/mol. The van der Waals surface area contributed by atoms with E-state index in [1.807, 2.05) is 24.4 Å². The molecule has 0 aliphatic carbocycles. The van der Waals surface area contributed by atoms with Crippen LogP contribution in [-0.2, 0) is 6.42 Å². The number of unbranched alkanes of at least 4 members (excludes halogenated alkanes) is 5. The number of pyridine rings is 2. The van der Waals surface area contributed by atoms with Gasteiger partial charge in [0.1, 0.15) is 11.3 Å². The van der Waals surface area contributed by atoms with Crippen molar-refractivity contribution in [1.82, 2.24) is 14.4 Å². The highest BCUT2D eigenvalue weighted by molar-refractivity contribution is 5.85. The number of hydrogen-bond donors (Lipinski definition) is 1. The minimum atomic E-state index is 0. The third-order valence-electron chi connectivity index (χ3n) is 4.66. The first-order valence-corrected chi connectivity index (χ1v) is 9.38. The highest BCUT2D eigenvalue weighted by Gasteiger charge is 2.14. The van der Waals surface area contributed by atoms with Gasteiger partial charge < -0.3 is 10.1 Å². The Morgan fingerprint density at radius 3 is 2.50 bits per heavy atom. The summed E-state index contributed by atoms with van der Waals surface area (Å²) < 4.78 is 2.23. The van der Waals surface area contributed by atoms with Gasteiger partial charge >= 0.3 is 0 Å². The smallest absolute Gasteiger partial charge is 0.137 e. The molecule has 3 rings (SSSR count). The van der Waals surface area contributed by atoms with Crippen molar-refractivity contribution in [3.8, 4) is 11.4 Å². The van der Waals surface area contributed by atoms with E-state index in [9.17, 15) is 0 Å². The standard InChI is InChI=1S/C21H28N4.ClH/c1-17-12-15-25-19(11-6-4-2-3-5-8-13-22)21(24-20(25)16-17)18-10-7-9-14-23-18;/h7,9-10,12,14-16H,2-6,8,11,13,22H2,1H3;1H. The lowest BCUT2D eigenvalue weighted by atomic mass is 10.1. The van der Waals surface area contributed by atoms with E-state index in [-0.39, 0.29) is 12.4 Å². The van der Waals surface area contributed by atoms with E-state index in [0.29, 0.717) is 0 Å². The molecule has 0 fully saturated rings. The predicted molar refractivity (Wildman–Crippen MR) is 111 cm³/mol. The van der Waals surface area contributed by atoms with E-state index < -0.39 is 0 Å². The van der Waals surface area contributed by atoms with Gasteiger partial charge in [-0.25, -0.2) is 4.98 Å². The number of fused-ring (bicyclic) bond motifs is 1. The Morgan fingerprint density at radius 1 is 1.00 bits per heavy atom. The van der Waals surface area contributed by atoms with Gasteiger partial charge in [-0.05, 0) is 62.6 Å². The largest absolute Gasteiger partial charge is 0.330 e. The van der Waals surface area contributed by atoms with Gasteiger partial charge in [-0.3, -0.25) is 4.98 Å². The van der Waals surface area contributed by atoms with E-state index >= 15 is 0 Å². The number of nitrogens with two attached hydrogens (primary N) is 1. The molecule has 0 radical (unpaired) electrons. The van der Waals surface area contributed by atoms with Crippen molar-refractivity contribution in [1.29, 1.82) is 0 Å². The van der Waals surface area contributed by atoms with Crippen LogP contribution in [0.3, 0.4) is 0 Å². The van der Waals surface area contributed by atoms with Crippen LogP contribution in [0.2, 0.25) is 0 Å². The maximum absolute atomic E-state index is 5.55. The molecule has 0 aliphatic rings. The van der Waals surface area contributed by atoms with Crippen LogP contribution in [0.15, 0.2) is 42.7 Å². The van der Waals surface area contributed by atoms with Gasteiger partial charge in [-0.1, -0.05) is 31.7 Å². The normalized spacial score (nSPS) is 10.8.